The van der Waals surface area contributed by atoms with Gasteiger partial charge in [0.2, 0.25) is 0 Å². The first-order valence-corrected chi connectivity index (χ1v) is 7.47. The van der Waals surface area contributed by atoms with Crippen LogP contribution in [0.3, 0.4) is 0 Å². The molecule has 0 aromatic heterocycles. The van der Waals surface area contributed by atoms with Gasteiger partial charge in [-0.25, -0.2) is 4.39 Å². The molecule has 0 bridgehead atoms. The van der Waals surface area contributed by atoms with E-state index in [0.29, 0.717) is 18.0 Å². The monoisotopic (exact) mass is 280 g/mol. The van der Waals surface area contributed by atoms with E-state index in [0.717, 1.165) is 32.7 Å². The van der Waals surface area contributed by atoms with Gasteiger partial charge < -0.3 is 10.0 Å². The van der Waals surface area contributed by atoms with Gasteiger partial charge in [-0.3, -0.25) is 4.90 Å². The van der Waals surface area contributed by atoms with Gasteiger partial charge in [-0.15, -0.1) is 0 Å². The van der Waals surface area contributed by atoms with Crippen molar-refractivity contribution in [3.05, 3.63) is 35.6 Å². The smallest absolute Gasteiger partial charge is 0.128 e. The van der Waals surface area contributed by atoms with Gasteiger partial charge >= 0.3 is 0 Å². The summed E-state index contributed by atoms with van der Waals surface area (Å²) in [6.07, 6.45) is -0.123. The van der Waals surface area contributed by atoms with E-state index >= 15 is 0 Å². The lowest BCUT2D eigenvalue weighted by Gasteiger charge is -2.37. The van der Waals surface area contributed by atoms with Crippen LogP contribution in [0.1, 0.15) is 31.9 Å². The number of hydrogen-bond donors (Lipinski definition) is 1. The summed E-state index contributed by atoms with van der Waals surface area (Å²) >= 11 is 0. The molecule has 1 aromatic carbocycles. The maximum absolute atomic E-state index is 13.6. The SMILES string of the molecule is CC(C)N1CCN(CCC(O)c2ccccc2F)CC1. The molecule has 1 N–H and O–H groups in total. The molecule has 1 fully saturated rings. The molecule has 1 saturated heterocycles. The molecule has 0 aliphatic carbocycles. The van der Waals surface area contributed by atoms with Crippen molar-refractivity contribution in [2.24, 2.45) is 0 Å². The number of aliphatic hydroxyl groups excluding tert-OH is 1. The van der Waals surface area contributed by atoms with Crippen LogP contribution in [0.2, 0.25) is 0 Å². The summed E-state index contributed by atoms with van der Waals surface area (Å²) in [5, 5.41) is 10.1. The fraction of sp³-hybridized carbons (Fsp3) is 0.625. The van der Waals surface area contributed by atoms with Crippen LogP contribution in [-0.4, -0.2) is 53.7 Å². The highest BCUT2D eigenvalue weighted by Gasteiger charge is 2.20. The zero-order valence-corrected chi connectivity index (χ0v) is 12.4. The predicted octanol–water partition coefficient (Wildman–Crippen LogP) is 2.28. The van der Waals surface area contributed by atoms with Crippen LogP contribution in [0, 0.1) is 5.82 Å². The van der Waals surface area contributed by atoms with Crippen molar-refractivity contribution >= 4 is 0 Å². The molecule has 0 amide bonds. The number of halogens is 1. The second-order valence-electron chi connectivity index (χ2n) is 5.80. The summed E-state index contributed by atoms with van der Waals surface area (Å²) in [5.74, 6) is -0.315. The Balaban J connectivity index is 1.78. The molecule has 1 aromatic rings. The van der Waals surface area contributed by atoms with Gasteiger partial charge in [-0.1, -0.05) is 18.2 Å². The molecule has 20 heavy (non-hydrogen) atoms. The van der Waals surface area contributed by atoms with Gasteiger partial charge in [0.15, 0.2) is 0 Å². The van der Waals surface area contributed by atoms with Crippen LogP contribution in [-0.2, 0) is 0 Å². The molecule has 1 unspecified atom stereocenters. The van der Waals surface area contributed by atoms with E-state index in [4.69, 9.17) is 0 Å². The van der Waals surface area contributed by atoms with E-state index in [1.165, 1.54) is 6.07 Å². The quantitative estimate of drug-likeness (QED) is 0.896. The van der Waals surface area contributed by atoms with Crippen molar-refractivity contribution in [1.29, 1.82) is 0 Å². The molecule has 1 aliphatic rings. The summed E-state index contributed by atoms with van der Waals surface area (Å²) in [5.41, 5.74) is 0.410. The average molecular weight is 280 g/mol. The lowest BCUT2D eigenvalue weighted by atomic mass is 10.1. The van der Waals surface area contributed by atoms with Crippen LogP contribution in [0.15, 0.2) is 24.3 Å². The summed E-state index contributed by atoms with van der Waals surface area (Å²) in [6.45, 7) is 9.47. The Hall–Kier alpha value is -0.970. The number of piperazine rings is 1. The van der Waals surface area contributed by atoms with Gasteiger partial charge in [0.25, 0.3) is 0 Å². The molecule has 1 atom stereocenters. The molecule has 4 heteroatoms. The molecule has 0 saturated carbocycles. The number of nitrogens with zero attached hydrogens (tertiary/aromatic N) is 2. The third-order valence-corrected chi connectivity index (χ3v) is 4.12. The van der Waals surface area contributed by atoms with Gasteiger partial charge in [0, 0.05) is 44.3 Å². The maximum atomic E-state index is 13.6. The van der Waals surface area contributed by atoms with E-state index in [2.05, 4.69) is 23.6 Å². The van der Waals surface area contributed by atoms with E-state index < -0.39 is 6.10 Å². The molecular formula is C16H25FN2O. The minimum Gasteiger partial charge on any atom is -0.388 e. The first kappa shape index (κ1) is 15.4. The van der Waals surface area contributed by atoms with E-state index in [-0.39, 0.29) is 5.82 Å². The van der Waals surface area contributed by atoms with Crippen LogP contribution in [0.4, 0.5) is 4.39 Å². The fourth-order valence-corrected chi connectivity index (χ4v) is 2.71. The van der Waals surface area contributed by atoms with Crippen molar-refractivity contribution in [3.8, 4) is 0 Å². The Morgan fingerprint density at radius 1 is 1.15 bits per heavy atom. The van der Waals surface area contributed by atoms with Crippen LogP contribution >= 0.6 is 0 Å². The Morgan fingerprint density at radius 3 is 2.40 bits per heavy atom. The summed E-state index contributed by atoms with van der Waals surface area (Å²) in [6, 6.07) is 7.08. The zero-order valence-electron chi connectivity index (χ0n) is 12.4. The number of rotatable bonds is 5. The molecule has 0 spiro atoms. The second kappa shape index (κ2) is 7.16. The topological polar surface area (TPSA) is 26.7 Å². The lowest BCUT2D eigenvalue weighted by Crippen LogP contribution is -2.49. The van der Waals surface area contributed by atoms with Gasteiger partial charge in [0.1, 0.15) is 5.82 Å². The minimum atomic E-state index is -0.709. The van der Waals surface area contributed by atoms with Crippen molar-refractivity contribution < 1.29 is 9.50 Å². The highest BCUT2D eigenvalue weighted by Crippen LogP contribution is 2.20. The molecule has 1 heterocycles. The summed E-state index contributed by atoms with van der Waals surface area (Å²) < 4.78 is 13.6. The average Bonchev–Trinajstić information content (AvgIpc) is 2.45. The molecular weight excluding hydrogens is 255 g/mol. The fourth-order valence-electron chi connectivity index (χ4n) is 2.71. The van der Waals surface area contributed by atoms with E-state index in [1.807, 2.05) is 0 Å². The molecule has 112 valence electrons. The van der Waals surface area contributed by atoms with Gasteiger partial charge in [-0.05, 0) is 26.3 Å². The largest absolute Gasteiger partial charge is 0.388 e. The molecule has 3 nitrogen and oxygen atoms in total. The van der Waals surface area contributed by atoms with Crippen LogP contribution in [0.25, 0.3) is 0 Å². The number of aliphatic hydroxyl groups is 1. The summed E-state index contributed by atoms with van der Waals surface area (Å²) in [4.78, 5) is 4.81. The first-order chi connectivity index (χ1) is 9.58. The lowest BCUT2D eigenvalue weighted by molar-refractivity contribution is 0.0872. The third kappa shape index (κ3) is 4.01. The molecule has 0 radical (unpaired) electrons. The second-order valence-corrected chi connectivity index (χ2v) is 5.80. The van der Waals surface area contributed by atoms with Crippen molar-refractivity contribution in [3.63, 3.8) is 0 Å². The Bertz CT molecular complexity index is 417. The molecule has 1 aliphatic heterocycles. The molecule has 2 rings (SSSR count). The van der Waals surface area contributed by atoms with Crippen LogP contribution in [0.5, 0.6) is 0 Å². The Morgan fingerprint density at radius 2 is 1.80 bits per heavy atom. The zero-order chi connectivity index (χ0) is 14.5. The summed E-state index contributed by atoms with van der Waals surface area (Å²) in [7, 11) is 0. The van der Waals surface area contributed by atoms with Crippen molar-refractivity contribution in [2.75, 3.05) is 32.7 Å². The maximum Gasteiger partial charge on any atom is 0.128 e. The van der Waals surface area contributed by atoms with E-state index in [9.17, 15) is 9.50 Å². The van der Waals surface area contributed by atoms with Crippen molar-refractivity contribution in [1.82, 2.24) is 9.80 Å². The highest BCUT2D eigenvalue weighted by atomic mass is 19.1. The first-order valence-electron chi connectivity index (χ1n) is 7.47. The van der Waals surface area contributed by atoms with Gasteiger partial charge in [-0.2, -0.15) is 0 Å². The van der Waals surface area contributed by atoms with Crippen molar-refractivity contribution in [2.45, 2.75) is 32.4 Å². The number of hydrogen-bond acceptors (Lipinski definition) is 3. The Kier molecular flexibility index (Phi) is 5.52. The normalized spacial score (nSPS) is 19.4. The van der Waals surface area contributed by atoms with Crippen LogP contribution < -0.4 is 0 Å². The Labute approximate surface area is 121 Å². The third-order valence-electron chi connectivity index (χ3n) is 4.12. The number of benzene rings is 1. The predicted molar refractivity (Wildman–Crippen MR) is 79.1 cm³/mol. The minimum absolute atomic E-state index is 0.315. The highest BCUT2D eigenvalue weighted by molar-refractivity contribution is 5.19. The van der Waals surface area contributed by atoms with Gasteiger partial charge in [0.05, 0.1) is 6.10 Å². The standard InChI is InChI=1S/C16H25FN2O/c1-13(2)19-11-9-18(10-12-19)8-7-16(20)14-5-3-4-6-15(14)17/h3-6,13,16,20H,7-12H2,1-2H3. The van der Waals surface area contributed by atoms with E-state index in [1.54, 1.807) is 18.2 Å².